The molecule has 0 aliphatic rings. The maximum atomic E-state index is 12.6. The summed E-state index contributed by atoms with van der Waals surface area (Å²) in [5, 5.41) is 3.54. The molecular weight excluding hydrogens is 322 g/mol. The summed E-state index contributed by atoms with van der Waals surface area (Å²) in [6, 6.07) is 9.74. The van der Waals surface area contributed by atoms with E-state index >= 15 is 0 Å². The van der Waals surface area contributed by atoms with Crippen LogP contribution in [0.4, 0.5) is 0 Å². The van der Waals surface area contributed by atoms with E-state index in [0.29, 0.717) is 18.5 Å². The number of rotatable bonds is 5. The second kappa shape index (κ2) is 6.97. The number of nitrogens with zero attached hydrogens (tertiary/aromatic N) is 2. The van der Waals surface area contributed by atoms with Gasteiger partial charge in [-0.25, -0.2) is 4.98 Å². The summed E-state index contributed by atoms with van der Waals surface area (Å²) < 4.78 is 1.52. The summed E-state index contributed by atoms with van der Waals surface area (Å²) in [6.45, 7) is 4.75. The Morgan fingerprint density at radius 3 is 2.75 bits per heavy atom. The first-order valence-electron chi connectivity index (χ1n) is 7.82. The highest BCUT2D eigenvalue weighted by Crippen LogP contribution is 2.25. The second-order valence-electron chi connectivity index (χ2n) is 5.72. The fourth-order valence-corrected chi connectivity index (χ4v) is 3.52. The van der Waals surface area contributed by atoms with E-state index in [0.717, 1.165) is 20.8 Å². The molecule has 0 unspecified atom stereocenters. The van der Waals surface area contributed by atoms with Gasteiger partial charge in [-0.2, -0.15) is 0 Å². The van der Waals surface area contributed by atoms with Gasteiger partial charge in [0.1, 0.15) is 4.83 Å². The minimum absolute atomic E-state index is 0.0716. The van der Waals surface area contributed by atoms with Gasteiger partial charge in [0.2, 0.25) is 5.91 Å². The van der Waals surface area contributed by atoms with Gasteiger partial charge in [-0.05, 0) is 25.0 Å². The molecule has 124 valence electrons. The summed E-state index contributed by atoms with van der Waals surface area (Å²) in [6.07, 6.45) is 1.78. The maximum Gasteiger partial charge on any atom is 0.262 e. The Labute approximate surface area is 144 Å². The van der Waals surface area contributed by atoms with E-state index in [1.165, 1.54) is 22.2 Å². The van der Waals surface area contributed by atoms with Crippen molar-refractivity contribution < 1.29 is 4.79 Å². The van der Waals surface area contributed by atoms with Crippen molar-refractivity contribution in [3.05, 3.63) is 63.0 Å². The van der Waals surface area contributed by atoms with Crippen molar-refractivity contribution in [2.75, 3.05) is 0 Å². The van der Waals surface area contributed by atoms with Crippen molar-refractivity contribution in [3.8, 4) is 0 Å². The van der Waals surface area contributed by atoms with Crippen LogP contribution in [-0.2, 0) is 17.9 Å². The molecule has 6 heteroatoms. The summed E-state index contributed by atoms with van der Waals surface area (Å²) in [5.41, 5.74) is 1.96. The number of aromatic nitrogens is 2. The molecule has 0 aliphatic carbocycles. The van der Waals surface area contributed by atoms with Crippen LogP contribution in [0.1, 0.15) is 22.4 Å². The third kappa shape index (κ3) is 3.38. The Kier molecular flexibility index (Phi) is 4.76. The van der Waals surface area contributed by atoms with Gasteiger partial charge in [0.05, 0.1) is 11.7 Å². The van der Waals surface area contributed by atoms with Crippen molar-refractivity contribution in [3.63, 3.8) is 0 Å². The molecule has 3 rings (SSSR count). The first-order valence-corrected chi connectivity index (χ1v) is 8.63. The molecule has 2 aromatic heterocycles. The van der Waals surface area contributed by atoms with Crippen molar-refractivity contribution in [1.29, 1.82) is 0 Å². The number of aryl methyl sites for hydroxylation is 3. The molecular formula is C18H19N3O2S. The van der Waals surface area contributed by atoms with Crippen LogP contribution in [0.3, 0.4) is 0 Å². The average Bonchev–Trinajstić information content (AvgIpc) is 2.88. The van der Waals surface area contributed by atoms with Crippen molar-refractivity contribution >= 4 is 27.5 Å². The number of benzene rings is 1. The van der Waals surface area contributed by atoms with Gasteiger partial charge >= 0.3 is 0 Å². The lowest BCUT2D eigenvalue weighted by Gasteiger charge is -2.07. The lowest BCUT2D eigenvalue weighted by molar-refractivity contribution is -0.121. The molecule has 1 amide bonds. The van der Waals surface area contributed by atoms with E-state index < -0.39 is 0 Å². The number of hydrogen-bond donors (Lipinski definition) is 1. The lowest BCUT2D eigenvalue weighted by Crippen LogP contribution is -2.27. The molecule has 2 heterocycles. The molecule has 0 bridgehead atoms. The Bertz CT molecular complexity index is 929. The van der Waals surface area contributed by atoms with E-state index in [1.807, 2.05) is 44.2 Å². The molecule has 0 radical (unpaired) electrons. The number of carbonyl (C=O) groups excluding carboxylic acids is 1. The minimum Gasteiger partial charge on any atom is -0.352 e. The molecule has 0 fully saturated rings. The number of fused-ring (bicyclic) bond motifs is 1. The first-order chi connectivity index (χ1) is 11.6. The van der Waals surface area contributed by atoms with Crippen LogP contribution in [0.25, 0.3) is 10.2 Å². The molecule has 0 atom stereocenters. The Morgan fingerprint density at radius 1 is 1.25 bits per heavy atom. The van der Waals surface area contributed by atoms with E-state index in [1.54, 1.807) is 0 Å². The highest BCUT2D eigenvalue weighted by atomic mass is 32.1. The van der Waals surface area contributed by atoms with Gasteiger partial charge in [-0.15, -0.1) is 11.3 Å². The van der Waals surface area contributed by atoms with Crippen molar-refractivity contribution in [2.24, 2.45) is 0 Å². The van der Waals surface area contributed by atoms with Gasteiger partial charge < -0.3 is 5.32 Å². The Hall–Kier alpha value is -2.47. The van der Waals surface area contributed by atoms with Gasteiger partial charge in [0, 0.05) is 24.4 Å². The topological polar surface area (TPSA) is 64.0 Å². The molecule has 24 heavy (non-hydrogen) atoms. The third-order valence-corrected chi connectivity index (χ3v) is 5.18. The van der Waals surface area contributed by atoms with Gasteiger partial charge in [-0.1, -0.05) is 30.3 Å². The third-order valence-electron chi connectivity index (χ3n) is 4.07. The molecule has 1 N–H and O–H groups in total. The Morgan fingerprint density at radius 2 is 2.00 bits per heavy atom. The molecule has 0 spiro atoms. The molecule has 0 saturated heterocycles. The van der Waals surface area contributed by atoms with E-state index in [4.69, 9.17) is 0 Å². The van der Waals surface area contributed by atoms with Crippen LogP contribution in [0.15, 0.2) is 41.5 Å². The SMILES string of the molecule is Cc1sc2ncn(CCC(=O)NCc3ccccc3)c(=O)c2c1C. The van der Waals surface area contributed by atoms with Crippen LogP contribution in [0.5, 0.6) is 0 Å². The first kappa shape index (κ1) is 16.4. The smallest absolute Gasteiger partial charge is 0.262 e. The van der Waals surface area contributed by atoms with Gasteiger partial charge in [-0.3, -0.25) is 14.2 Å². The zero-order valence-corrected chi connectivity index (χ0v) is 14.5. The largest absolute Gasteiger partial charge is 0.352 e. The predicted molar refractivity (Wildman–Crippen MR) is 96.3 cm³/mol. The highest BCUT2D eigenvalue weighted by molar-refractivity contribution is 7.18. The molecule has 5 nitrogen and oxygen atoms in total. The summed E-state index contributed by atoms with van der Waals surface area (Å²) in [4.78, 5) is 30.8. The predicted octanol–water partition coefficient (Wildman–Crippen LogP) is 2.78. The van der Waals surface area contributed by atoms with Crippen LogP contribution in [0.2, 0.25) is 0 Å². The summed E-state index contributed by atoms with van der Waals surface area (Å²) >= 11 is 1.53. The Balaban J connectivity index is 1.65. The minimum atomic E-state index is -0.0796. The van der Waals surface area contributed by atoms with Gasteiger partial charge in [0.25, 0.3) is 5.56 Å². The quantitative estimate of drug-likeness (QED) is 0.776. The molecule has 3 aromatic rings. The van der Waals surface area contributed by atoms with Gasteiger partial charge in [0.15, 0.2) is 0 Å². The van der Waals surface area contributed by atoms with Crippen LogP contribution < -0.4 is 10.9 Å². The monoisotopic (exact) mass is 341 g/mol. The van der Waals surface area contributed by atoms with E-state index in [9.17, 15) is 9.59 Å². The zero-order valence-electron chi connectivity index (χ0n) is 13.7. The lowest BCUT2D eigenvalue weighted by atomic mass is 10.2. The summed E-state index contributed by atoms with van der Waals surface area (Å²) in [5.74, 6) is -0.0796. The second-order valence-corrected chi connectivity index (χ2v) is 6.92. The van der Waals surface area contributed by atoms with E-state index in [2.05, 4.69) is 10.3 Å². The fourth-order valence-electron chi connectivity index (χ4n) is 2.54. The number of carbonyl (C=O) groups is 1. The van der Waals surface area contributed by atoms with Crippen LogP contribution in [0, 0.1) is 13.8 Å². The highest BCUT2D eigenvalue weighted by Gasteiger charge is 2.12. The number of amides is 1. The maximum absolute atomic E-state index is 12.6. The molecule has 0 saturated carbocycles. The molecule has 1 aromatic carbocycles. The number of hydrogen-bond acceptors (Lipinski definition) is 4. The van der Waals surface area contributed by atoms with E-state index in [-0.39, 0.29) is 17.9 Å². The summed E-state index contributed by atoms with van der Waals surface area (Å²) in [7, 11) is 0. The normalized spacial score (nSPS) is 10.9. The standard InChI is InChI=1S/C18H19N3O2S/c1-12-13(2)24-17-16(12)18(23)21(11-20-17)9-8-15(22)19-10-14-6-4-3-5-7-14/h3-7,11H,8-10H2,1-2H3,(H,19,22). The average molecular weight is 341 g/mol. The molecule has 0 aliphatic heterocycles. The van der Waals surface area contributed by atoms with Crippen molar-refractivity contribution in [1.82, 2.24) is 14.9 Å². The van der Waals surface area contributed by atoms with Crippen LogP contribution in [-0.4, -0.2) is 15.5 Å². The fraction of sp³-hybridized carbons (Fsp3) is 0.278. The van der Waals surface area contributed by atoms with Crippen LogP contribution >= 0.6 is 11.3 Å². The van der Waals surface area contributed by atoms with Crippen molar-refractivity contribution in [2.45, 2.75) is 33.4 Å². The number of thiophene rings is 1. The number of nitrogens with one attached hydrogen (secondary N) is 1. The zero-order chi connectivity index (χ0) is 17.1.